The van der Waals surface area contributed by atoms with E-state index in [2.05, 4.69) is 4.52 Å². The Morgan fingerprint density at radius 1 is 1.73 bits per heavy atom. The molecule has 11 heavy (non-hydrogen) atoms. The molecule has 0 aliphatic rings. The fraction of sp³-hybridized carbons (Fsp3) is 0.750. The number of Topliss-reactive ketones (excluding diaryl/α,β-unsaturated/α-hetero) is 1. The molecule has 0 aliphatic carbocycles. The van der Waals surface area contributed by atoms with Gasteiger partial charge in [-0.05, 0) is 6.92 Å². The van der Waals surface area contributed by atoms with Crippen molar-refractivity contribution in [1.29, 1.82) is 0 Å². The second-order valence-corrected chi connectivity index (χ2v) is 3.24. The molecule has 4 N–H and O–H groups in total. The number of phosphoric ester groups is 1. The standard InChI is InChI=1S/C4H10NO5P/c1-3(6)4(5)2-10-11(7,8)9/h4H,2,5H2,1H3,(H2,7,8,9)/t4-/m0/s1. The number of carbonyl (C=O) groups excluding carboxylic acids is 1. The highest BCUT2D eigenvalue weighted by molar-refractivity contribution is 7.46. The van der Waals surface area contributed by atoms with E-state index in [0.717, 1.165) is 0 Å². The molecule has 66 valence electrons. The SMILES string of the molecule is CC(=O)[C@@H](N)COP(=O)(O)O. The fourth-order valence-electron chi connectivity index (χ4n) is 0.295. The Kier molecular flexibility index (Phi) is 3.85. The van der Waals surface area contributed by atoms with Crippen molar-refractivity contribution >= 4 is 13.6 Å². The minimum atomic E-state index is -4.49. The van der Waals surface area contributed by atoms with Gasteiger partial charge in [0.2, 0.25) is 0 Å². The molecule has 0 amide bonds. The molecule has 0 aromatic carbocycles. The van der Waals surface area contributed by atoms with Crippen LogP contribution in [-0.4, -0.2) is 28.2 Å². The first-order chi connectivity index (χ1) is 4.83. The summed E-state index contributed by atoms with van der Waals surface area (Å²) in [6, 6.07) is -0.970. The van der Waals surface area contributed by atoms with E-state index in [1.165, 1.54) is 6.92 Å². The Hall–Kier alpha value is -0.260. The number of rotatable bonds is 4. The number of carbonyl (C=O) groups is 1. The lowest BCUT2D eigenvalue weighted by Gasteiger charge is -2.08. The average Bonchev–Trinajstić information content (AvgIpc) is 1.80. The predicted molar refractivity (Wildman–Crippen MR) is 36.7 cm³/mol. The molecule has 0 unspecified atom stereocenters. The van der Waals surface area contributed by atoms with Crippen molar-refractivity contribution in [3.8, 4) is 0 Å². The first-order valence-corrected chi connectivity index (χ1v) is 4.32. The second kappa shape index (κ2) is 3.94. The van der Waals surface area contributed by atoms with Crippen molar-refractivity contribution in [2.45, 2.75) is 13.0 Å². The van der Waals surface area contributed by atoms with Crippen LogP contribution in [0.3, 0.4) is 0 Å². The van der Waals surface area contributed by atoms with Crippen molar-refractivity contribution in [2.75, 3.05) is 6.61 Å². The molecule has 0 aromatic heterocycles. The number of ketones is 1. The molecule has 6 nitrogen and oxygen atoms in total. The lowest BCUT2D eigenvalue weighted by Crippen LogP contribution is -2.32. The van der Waals surface area contributed by atoms with E-state index in [1.54, 1.807) is 0 Å². The van der Waals surface area contributed by atoms with Crippen LogP contribution in [0, 0.1) is 0 Å². The Labute approximate surface area is 63.6 Å². The summed E-state index contributed by atoms with van der Waals surface area (Å²) in [5, 5.41) is 0. The number of hydrogen-bond donors (Lipinski definition) is 3. The summed E-state index contributed by atoms with van der Waals surface area (Å²) in [4.78, 5) is 26.7. The van der Waals surface area contributed by atoms with Crippen LogP contribution in [0.4, 0.5) is 0 Å². The molecule has 0 heterocycles. The van der Waals surface area contributed by atoms with Gasteiger partial charge in [0, 0.05) is 0 Å². The summed E-state index contributed by atoms with van der Waals surface area (Å²) in [5.41, 5.74) is 5.11. The first-order valence-electron chi connectivity index (χ1n) is 2.79. The molecule has 0 rings (SSSR count). The first kappa shape index (κ1) is 10.7. The molecule has 0 saturated carbocycles. The molecule has 0 spiro atoms. The van der Waals surface area contributed by atoms with Crippen molar-refractivity contribution in [3.63, 3.8) is 0 Å². The largest absolute Gasteiger partial charge is 0.469 e. The molecule has 0 radical (unpaired) electrons. The van der Waals surface area contributed by atoms with Gasteiger partial charge in [0.25, 0.3) is 0 Å². The third kappa shape index (κ3) is 6.15. The van der Waals surface area contributed by atoms with E-state index in [0.29, 0.717) is 0 Å². The van der Waals surface area contributed by atoms with E-state index in [1.807, 2.05) is 0 Å². The molecular weight excluding hydrogens is 173 g/mol. The van der Waals surface area contributed by atoms with Gasteiger partial charge in [-0.3, -0.25) is 9.32 Å². The van der Waals surface area contributed by atoms with Gasteiger partial charge in [-0.25, -0.2) is 4.57 Å². The predicted octanol–water partition coefficient (Wildman–Crippen LogP) is -0.988. The van der Waals surface area contributed by atoms with Gasteiger partial charge >= 0.3 is 7.82 Å². The maximum Gasteiger partial charge on any atom is 0.469 e. The van der Waals surface area contributed by atoms with Gasteiger partial charge in [-0.15, -0.1) is 0 Å². The van der Waals surface area contributed by atoms with Gasteiger partial charge in [-0.2, -0.15) is 0 Å². The summed E-state index contributed by atoms with van der Waals surface area (Å²) in [6.07, 6.45) is 0. The molecule has 0 saturated heterocycles. The highest BCUT2D eigenvalue weighted by Crippen LogP contribution is 2.35. The lowest BCUT2D eigenvalue weighted by atomic mass is 10.2. The zero-order valence-corrected chi connectivity index (χ0v) is 6.82. The third-order valence-corrected chi connectivity index (χ3v) is 1.43. The maximum absolute atomic E-state index is 10.4. The van der Waals surface area contributed by atoms with Crippen LogP contribution in [0.25, 0.3) is 0 Å². The fourth-order valence-corrected chi connectivity index (χ4v) is 0.650. The molecule has 0 aromatic rings. The maximum atomic E-state index is 10.4. The molecule has 0 aliphatic heterocycles. The Balaban J connectivity index is 3.72. The smallest absolute Gasteiger partial charge is 0.320 e. The lowest BCUT2D eigenvalue weighted by molar-refractivity contribution is -0.118. The van der Waals surface area contributed by atoms with E-state index in [4.69, 9.17) is 15.5 Å². The number of hydrogen-bond acceptors (Lipinski definition) is 4. The van der Waals surface area contributed by atoms with Gasteiger partial charge < -0.3 is 15.5 Å². The molecule has 0 fully saturated rings. The topological polar surface area (TPSA) is 110 Å². The average molecular weight is 183 g/mol. The van der Waals surface area contributed by atoms with E-state index >= 15 is 0 Å². The number of nitrogens with two attached hydrogens (primary N) is 1. The van der Waals surface area contributed by atoms with Gasteiger partial charge in [0.15, 0.2) is 0 Å². The Morgan fingerprint density at radius 3 is 2.45 bits per heavy atom. The summed E-state index contributed by atoms with van der Waals surface area (Å²) in [7, 11) is -4.49. The zero-order chi connectivity index (χ0) is 9.07. The third-order valence-electron chi connectivity index (χ3n) is 0.944. The van der Waals surface area contributed by atoms with E-state index < -0.39 is 20.5 Å². The molecule has 1 atom stereocenters. The van der Waals surface area contributed by atoms with Gasteiger partial charge in [-0.1, -0.05) is 0 Å². The summed E-state index contributed by atoms with van der Waals surface area (Å²) in [5.74, 6) is -0.376. The Bertz CT molecular complexity index is 187. The zero-order valence-electron chi connectivity index (χ0n) is 5.93. The van der Waals surface area contributed by atoms with Crippen LogP contribution >= 0.6 is 7.82 Å². The van der Waals surface area contributed by atoms with Crippen molar-refractivity contribution in [1.82, 2.24) is 0 Å². The van der Waals surface area contributed by atoms with Crippen LogP contribution in [0.5, 0.6) is 0 Å². The highest BCUT2D eigenvalue weighted by Gasteiger charge is 2.17. The van der Waals surface area contributed by atoms with E-state index in [-0.39, 0.29) is 5.78 Å². The van der Waals surface area contributed by atoms with Gasteiger partial charge in [0.1, 0.15) is 5.78 Å². The monoisotopic (exact) mass is 183 g/mol. The van der Waals surface area contributed by atoms with Crippen LogP contribution in [0.15, 0.2) is 0 Å². The van der Waals surface area contributed by atoms with Crippen molar-refractivity contribution in [3.05, 3.63) is 0 Å². The second-order valence-electron chi connectivity index (χ2n) is 2.00. The van der Waals surface area contributed by atoms with Crippen LogP contribution in [0.2, 0.25) is 0 Å². The van der Waals surface area contributed by atoms with Gasteiger partial charge in [0.05, 0.1) is 12.6 Å². The van der Waals surface area contributed by atoms with E-state index in [9.17, 15) is 9.36 Å². The summed E-state index contributed by atoms with van der Waals surface area (Å²) >= 11 is 0. The minimum absolute atomic E-state index is 0.376. The highest BCUT2D eigenvalue weighted by atomic mass is 31.2. The van der Waals surface area contributed by atoms with Crippen molar-refractivity contribution in [2.24, 2.45) is 5.73 Å². The minimum Gasteiger partial charge on any atom is -0.320 e. The quantitative estimate of drug-likeness (QED) is 0.483. The summed E-state index contributed by atoms with van der Waals surface area (Å²) in [6.45, 7) is 0.757. The summed E-state index contributed by atoms with van der Waals surface area (Å²) < 4.78 is 14.0. The molecule has 0 bridgehead atoms. The number of phosphoric acid groups is 1. The van der Waals surface area contributed by atoms with Crippen LogP contribution < -0.4 is 5.73 Å². The van der Waals surface area contributed by atoms with Crippen LogP contribution in [0.1, 0.15) is 6.92 Å². The Morgan fingerprint density at radius 2 is 2.18 bits per heavy atom. The van der Waals surface area contributed by atoms with Crippen molar-refractivity contribution < 1.29 is 23.7 Å². The molecular formula is C4H10NO5P. The molecule has 7 heteroatoms. The normalized spacial score (nSPS) is 14.5. The van der Waals surface area contributed by atoms with Crippen LogP contribution in [-0.2, 0) is 13.9 Å².